The molecule has 47 heavy (non-hydrogen) atoms. The second-order valence-electron chi connectivity index (χ2n) is 12.5. The van der Waals surface area contributed by atoms with Gasteiger partial charge in [-0.1, -0.05) is 36.4 Å². The number of hydrogen-bond acceptors (Lipinski definition) is 4. The fourth-order valence-electron chi connectivity index (χ4n) is 6.49. The van der Waals surface area contributed by atoms with Gasteiger partial charge in [0.2, 0.25) is 5.91 Å². The summed E-state index contributed by atoms with van der Waals surface area (Å²) in [5, 5.41) is 3.55. The number of nitrogens with zero attached hydrogens (tertiary/aromatic N) is 2. The number of nitrogens with one attached hydrogen (secondary N) is 1. The van der Waals surface area contributed by atoms with Gasteiger partial charge >= 0.3 is 6.18 Å². The third-order valence-corrected chi connectivity index (χ3v) is 9.65. The molecule has 3 aromatic carbocycles. The Kier molecular flexibility index (Phi) is 9.75. The third kappa shape index (κ3) is 7.89. The molecule has 2 amide bonds. The number of alkyl halides is 3. The largest absolute Gasteiger partial charge is 0.492 e. The summed E-state index contributed by atoms with van der Waals surface area (Å²) in [5.74, 6) is -0.167. The van der Waals surface area contributed by atoms with Gasteiger partial charge < -0.3 is 19.9 Å². The van der Waals surface area contributed by atoms with E-state index in [0.29, 0.717) is 47.5 Å². The lowest BCUT2D eigenvalue weighted by atomic mass is 9.82. The van der Waals surface area contributed by atoms with Crippen molar-refractivity contribution in [1.29, 1.82) is 0 Å². The molecule has 0 radical (unpaired) electrons. The molecule has 2 bridgehead atoms. The molecular formula is C36H36BrF4N3O3. The summed E-state index contributed by atoms with van der Waals surface area (Å²) in [6, 6.07) is 17.1. The molecule has 11 heteroatoms. The highest BCUT2D eigenvalue weighted by Crippen LogP contribution is 2.38. The fourth-order valence-corrected chi connectivity index (χ4v) is 6.85. The van der Waals surface area contributed by atoms with E-state index in [1.807, 2.05) is 24.3 Å². The van der Waals surface area contributed by atoms with Crippen molar-refractivity contribution in [2.45, 2.75) is 69.9 Å². The molecule has 248 valence electrons. The van der Waals surface area contributed by atoms with Gasteiger partial charge in [0, 0.05) is 50.3 Å². The highest BCUT2D eigenvalue weighted by Gasteiger charge is 2.43. The zero-order valence-electron chi connectivity index (χ0n) is 26.0. The van der Waals surface area contributed by atoms with Crippen LogP contribution in [0.25, 0.3) is 5.57 Å². The maximum atomic E-state index is 14.5. The number of rotatable bonds is 10. The number of halogens is 5. The van der Waals surface area contributed by atoms with Crippen LogP contribution in [0.2, 0.25) is 0 Å². The van der Waals surface area contributed by atoms with Crippen LogP contribution in [0.4, 0.5) is 17.6 Å². The van der Waals surface area contributed by atoms with Crippen LogP contribution in [0.15, 0.2) is 76.8 Å². The minimum absolute atomic E-state index is 0.0268. The smallest absolute Gasteiger partial charge is 0.416 e. The highest BCUT2D eigenvalue weighted by atomic mass is 79.9. The van der Waals surface area contributed by atoms with Gasteiger partial charge in [0.05, 0.1) is 22.7 Å². The number of amides is 2. The SMILES string of the molecule is CC(=O)N1C[C@H]2CC(c3ccc(CCCOc4cc(F)ccc4Br)cc3)=C(C(=O)N(Cc3cccc(C(F)(F)F)c3)C3CC3)[C@@H](C1)N2. The van der Waals surface area contributed by atoms with Crippen molar-refractivity contribution in [3.63, 3.8) is 0 Å². The highest BCUT2D eigenvalue weighted by molar-refractivity contribution is 9.10. The quantitative estimate of drug-likeness (QED) is 0.179. The van der Waals surface area contributed by atoms with Crippen molar-refractivity contribution in [2.75, 3.05) is 19.7 Å². The Morgan fingerprint density at radius 2 is 1.79 bits per heavy atom. The molecule has 1 N–H and O–H groups in total. The van der Waals surface area contributed by atoms with Gasteiger partial charge in [-0.2, -0.15) is 13.2 Å². The Balaban J connectivity index is 1.24. The Morgan fingerprint density at radius 1 is 1.02 bits per heavy atom. The van der Waals surface area contributed by atoms with Gasteiger partial charge in [0.25, 0.3) is 5.91 Å². The molecule has 3 aromatic rings. The molecule has 2 aliphatic heterocycles. The number of carbonyl (C=O) groups excluding carboxylic acids is 2. The van der Waals surface area contributed by atoms with Crippen LogP contribution in [0.3, 0.4) is 0 Å². The first-order valence-corrected chi connectivity index (χ1v) is 16.6. The first-order chi connectivity index (χ1) is 22.5. The van der Waals surface area contributed by atoms with Crippen LogP contribution >= 0.6 is 15.9 Å². The van der Waals surface area contributed by atoms with E-state index in [9.17, 15) is 27.2 Å². The molecule has 2 heterocycles. The summed E-state index contributed by atoms with van der Waals surface area (Å²) >= 11 is 3.37. The van der Waals surface area contributed by atoms with E-state index in [1.54, 1.807) is 21.9 Å². The van der Waals surface area contributed by atoms with Crippen molar-refractivity contribution in [3.8, 4) is 5.75 Å². The molecular weight excluding hydrogens is 678 g/mol. The van der Waals surface area contributed by atoms with Crippen LogP contribution in [0.1, 0.15) is 54.9 Å². The van der Waals surface area contributed by atoms with Crippen LogP contribution in [-0.2, 0) is 28.7 Å². The number of aryl methyl sites for hydroxylation is 1. The molecule has 2 atom stereocenters. The number of fused-ring (bicyclic) bond motifs is 2. The third-order valence-electron chi connectivity index (χ3n) is 9.00. The first kappa shape index (κ1) is 33.2. The van der Waals surface area contributed by atoms with E-state index in [0.717, 1.165) is 54.5 Å². The summed E-state index contributed by atoms with van der Waals surface area (Å²) in [6.07, 6.45) is -0.887. The molecule has 1 saturated carbocycles. The summed E-state index contributed by atoms with van der Waals surface area (Å²) in [7, 11) is 0. The molecule has 3 aliphatic rings. The van der Waals surface area contributed by atoms with Gasteiger partial charge in [-0.15, -0.1) is 0 Å². The zero-order valence-corrected chi connectivity index (χ0v) is 27.5. The van der Waals surface area contributed by atoms with Crippen LogP contribution in [0, 0.1) is 5.82 Å². The van der Waals surface area contributed by atoms with Gasteiger partial charge in [-0.05, 0) is 94.6 Å². The lowest BCUT2D eigenvalue weighted by Crippen LogP contribution is -2.61. The molecule has 1 saturated heterocycles. The normalized spacial score (nSPS) is 19.5. The van der Waals surface area contributed by atoms with Crippen molar-refractivity contribution in [2.24, 2.45) is 0 Å². The Morgan fingerprint density at radius 3 is 2.49 bits per heavy atom. The van der Waals surface area contributed by atoms with E-state index < -0.39 is 17.8 Å². The number of ether oxygens (including phenoxy) is 1. The van der Waals surface area contributed by atoms with Crippen molar-refractivity contribution >= 4 is 33.3 Å². The average Bonchev–Trinajstić information content (AvgIpc) is 3.88. The molecule has 6 rings (SSSR count). The zero-order chi connectivity index (χ0) is 33.3. The molecule has 6 nitrogen and oxygen atoms in total. The van der Waals surface area contributed by atoms with Crippen LogP contribution < -0.4 is 10.1 Å². The van der Waals surface area contributed by atoms with E-state index in [4.69, 9.17) is 4.74 Å². The minimum Gasteiger partial charge on any atom is -0.492 e. The molecule has 0 unspecified atom stereocenters. The standard InChI is InChI=1S/C36H36BrF4N3O3/c1-22(45)43-20-28-18-30(25-9-7-23(8-10-25)5-3-15-47-33-17-27(38)11-14-31(33)37)34(32(21-43)42-28)35(46)44(29-12-13-29)19-24-4-2-6-26(16-24)36(39,40)41/h2,4,6-11,14,16-17,28-29,32,42H,3,5,12-13,15,18-21H2,1H3/t28-,32-/m1/s1. The molecule has 2 fully saturated rings. The van der Waals surface area contributed by atoms with E-state index in [-0.39, 0.29) is 36.3 Å². The minimum atomic E-state index is -4.47. The predicted molar refractivity (Wildman–Crippen MR) is 174 cm³/mol. The molecule has 0 spiro atoms. The number of hydrogen-bond donors (Lipinski definition) is 1. The lowest BCUT2D eigenvalue weighted by molar-refractivity contribution is -0.137. The van der Waals surface area contributed by atoms with E-state index >= 15 is 0 Å². The topological polar surface area (TPSA) is 61.9 Å². The Labute approximate surface area is 279 Å². The lowest BCUT2D eigenvalue weighted by Gasteiger charge is -2.44. The van der Waals surface area contributed by atoms with Gasteiger partial charge in [-0.3, -0.25) is 9.59 Å². The van der Waals surface area contributed by atoms with Crippen molar-refractivity contribution in [1.82, 2.24) is 15.1 Å². The van der Waals surface area contributed by atoms with Gasteiger partial charge in [0.15, 0.2) is 0 Å². The van der Waals surface area contributed by atoms with E-state index in [2.05, 4.69) is 21.2 Å². The van der Waals surface area contributed by atoms with Gasteiger partial charge in [-0.25, -0.2) is 4.39 Å². The number of piperazine rings is 1. The monoisotopic (exact) mass is 713 g/mol. The summed E-state index contributed by atoms with van der Waals surface area (Å²) in [6.45, 7) is 2.89. The summed E-state index contributed by atoms with van der Waals surface area (Å²) in [4.78, 5) is 30.4. The van der Waals surface area contributed by atoms with Gasteiger partial charge in [0.1, 0.15) is 11.6 Å². The first-order valence-electron chi connectivity index (χ1n) is 15.8. The maximum Gasteiger partial charge on any atom is 0.416 e. The number of carbonyl (C=O) groups is 2. The summed E-state index contributed by atoms with van der Waals surface area (Å²) in [5.41, 5.74) is 3.18. The maximum absolute atomic E-state index is 14.5. The second-order valence-corrected chi connectivity index (χ2v) is 13.4. The Hall–Kier alpha value is -3.70. The second kappa shape index (κ2) is 13.8. The molecule has 0 aromatic heterocycles. The number of benzene rings is 3. The van der Waals surface area contributed by atoms with E-state index in [1.165, 1.54) is 25.1 Å². The predicted octanol–water partition coefficient (Wildman–Crippen LogP) is 7.16. The fraction of sp³-hybridized carbons (Fsp3) is 0.389. The Bertz CT molecular complexity index is 1670. The van der Waals surface area contributed by atoms with Crippen LogP contribution in [-0.4, -0.2) is 59.4 Å². The average molecular weight is 715 g/mol. The van der Waals surface area contributed by atoms with Crippen LogP contribution in [0.5, 0.6) is 5.75 Å². The summed E-state index contributed by atoms with van der Waals surface area (Å²) < 4.78 is 60.4. The van der Waals surface area contributed by atoms with Crippen molar-refractivity contribution in [3.05, 3.63) is 105 Å². The molecule has 1 aliphatic carbocycles. The van der Waals surface area contributed by atoms with Crippen molar-refractivity contribution < 1.29 is 31.9 Å².